The van der Waals surface area contributed by atoms with E-state index in [0.717, 1.165) is 61.4 Å². The van der Waals surface area contributed by atoms with Gasteiger partial charge in [-0.3, -0.25) is 4.79 Å². The molecule has 1 fully saturated rings. The molecule has 0 unspecified atom stereocenters. The lowest BCUT2D eigenvalue weighted by Gasteiger charge is -2.33. The predicted octanol–water partition coefficient (Wildman–Crippen LogP) is 1.68. The van der Waals surface area contributed by atoms with Crippen molar-refractivity contribution in [3.63, 3.8) is 0 Å². The van der Waals surface area contributed by atoms with Crippen molar-refractivity contribution in [2.75, 3.05) is 43.5 Å². The third-order valence-electron chi connectivity index (χ3n) is 4.24. The Labute approximate surface area is 147 Å². The van der Waals surface area contributed by atoms with Gasteiger partial charge in [-0.2, -0.15) is 0 Å². The van der Waals surface area contributed by atoms with Crippen LogP contribution in [0.1, 0.15) is 11.4 Å². The zero-order valence-corrected chi connectivity index (χ0v) is 14.6. The fourth-order valence-corrected chi connectivity index (χ4v) is 2.80. The van der Waals surface area contributed by atoms with Crippen LogP contribution >= 0.6 is 0 Å². The second-order valence-electron chi connectivity index (χ2n) is 5.99. The zero-order chi connectivity index (χ0) is 17.6. The Kier molecular flexibility index (Phi) is 5.33. The van der Waals surface area contributed by atoms with Crippen molar-refractivity contribution >= 4 is 18.0 Å². The second kappa shape index (κ2) is 7.83. The molecule has 0 atom stereocenters. The number of aryl methyl sites for hydroxylation is 1. The van der Waals surface area contributed by atoms with Crippen molar-refractivity contribution in [3.8, 4) is 5.75 Å². The van der Waals surface area contributed by atoms with Crippen molar-refractivity contribution in [1.82, 2.24) is 14.9 Å². The summed E-state index contributed by atoms with van der Waals surface area (Å²) in [6.45, 7) is 5.59. The number of carbonyl (C=O) groups is 1. The van der Waals surface area contributed by atoms with E-state index in [4.69, 9.17) is 4.74 Å². The van der Waals surface area contributed by atoms with Gasteiger partial charge in [-0.25, -0.2) is 9.97 Å². The standard InChI is InChI=1S/C18H23N5O2/c1-14-20-17(19-12-15-3-5-16(25-2)6-4-15)11-18(21-14)23-9-7-22(13-24)8-10-23/h3-6,11,13H,7-10,12H2,1-2H3,(H,19,20,21). The van der Waals surface area contributed by atoms with Crippen LogP contribution in [0.4, 0.5) is 11.6 Å². The Balaban J connectivity index is 1.65. The molecular formula is C18H23N5O2. The Morgan fingerprint density at radius 3 is 2.52 bits per heavy atom. The van der Waals surface area contributed by atoms with Gasteiger partial charge in [-0.1, -0.05) is 12.1 Å². The number of nitrogens with one attached hydrogen (secondary N) is 1. The summed E-state index contributed by atoms with van der Waals surface area (Å²) >= 11 is 0. The molecule has 1 aromatic carbocycles. The number of carbonyl (C=O) groups excluding carboxylic acids is 1. The molecule has 1 saturated heterocycles. The summed E-state index contributed by atoms with van der Waals surface area (Å²) < 4.78 is 5.17. The number of anilines is 2. The Morgan fingerprint density at radius 1 is 1.16 bits per heavy atom. The van der Waals surface area contributed by atoms with Crippen LogP contribution in [0.2, 0.25) is 0 Å². The van der Waals surface area contributed by atoms with Gasteiger partial charge in [-0.05, 0) is 24.6 Å². The lowest BCUT2D eigenvalue weighted by Crippen LogP contribution is -2.46. The van der Waals surface area contributed by atoms with E-state index in [0.29, 0.717) is 6.54 Å². The minimum absolute atomic E-state index is 0.679. The molecule has 0 radical (unpaired) electrons. The summed E-state index contributed by atoms with van der Waals surface area (Å²) in [5.41, 5.74) is 1.15. The number of piperazine rings is 1. The number of amides is 1. The predicted molar refractivity (Wildman–Crippen MR) is 96.9 cm³/mol. The van der Waals surface area contributed by atoms with Crippen LogP contribution in [0.15, 0.2) is 30.3 Å². The van der Waals surface area contributed by atoms with E-state index >= 15 is 0 Å². The van der Waals surface area contributed by atoms with Crippen molar-refractivity contribution in [3.05, 3.63) is 41.7 Å². The normalized spacial score (nSPS) is 14.3. The molecule has 0 bridgehead atoms. The quantitative estimate of drug-likeness (QED) is 0.806. The van der Waals surface area contributed by atoms with E-state index in [1.807, 2.05) is 37.3 Å². The lowest BCUT2D eigenvalue weighted by molar-refractivity contribution is -0.118. The highest BCUT2D eigenvalue weighted by Crippen LogP contribution is 2.18. The van der Waals surface area contributed by atoms with Gasteiger partial charge >= 0.3 is 0 Å². The maximum Gasteiger partial charge on any atom is 0.209 e. The highest BCUT2D eigenvalue weighted by atomic mass is 16.5. The van der Waals surface area contributed by atoms with Gasteiger partial charge in [0.2, 0.25) is 6.41 Å². The van der Waals surface area contributed by atoms with E-state index < -0.39 is 0 Å². The van der Waals surface area contributed by atoms with E-state index in [1.54, 1.807) is 12.0 Å². The first-order valence-corrected chi connectivity index (χ1v) is 8.35. The highest BCUT2D eigenvalue weighted by molar-refractivity contribution is 5.52. The topological polar surface area (TPSA) is 70.6 Å². The van der Waals surface area contributed by atoms with E-state index in [9.17, 15) is 4.79 Å². The molecule has 25 heavy (non-hydrogen) atoms. The molecule has 0 spiro atoms. The SMILES string of the molecule is COc1ccc(CNc2cc(N3CCN(C=O)CC3)nc(C)n2)cc1. The van der Waals surface area contributed by atoms with Crippen LogP contribution in [-0.2, 0) is 11.3 Å². The first-order valence-electron chi connectivity index (χ1n) is 8.35. The maximum atomic E-state index is 10.8. The van der Waals surface area contributed by atoms with Gasteiger partial charge in [0.25, 0.3) is 0 Å². The van der Waals surface area contributed by atoms with Crippen LogP contribution in [-0.4, -0.2) is 54.6 Å². The molecule has 3 rings (SSSR count). The van der Waals surface area contributed by atoms with Gasteiger partial charge in [0.1, 0.15) is 23.2 Å². The summed E-state index contributed by atoms with van der Waals surface area (Å²) in [5.74, 6) is 3.28. The highest BCUT2D eigenvalue weighted by Gasteiger charge is 2.17. The summed E-state index contributed by atoms with van der Waals surface area (Å²) in [6.07, 6.45) is 0.907. The molecule has 0 aliphatic carbocycles. The number of rotatable bonds is 6. The van der Waals surface area contributed by atoms with Crippen LogP contribution in [0.25, 0.3) is 0 Å². The number of benzene rings is 1. The number of hydrogen-bond donors (Lipinski definition) is 1. The smallest absolute Gasteiger partial charge is 0.209 e. The molecule has 2 heterocycles. The third-order valence-corrected chi connectivity index (χ3v) is 4.24. The van der Waals surface area contributed by atoms with Crippen LogP contribution < -0.4 is 15.0 Å². The molecule has 2 aromatic rings. The monoisotopic (exact) mass is 341 g/mol. The van der Waals surface area contributed by atoms with E-state index in [2.05, 4.69) is 20.2 Å². The minimum atomic E-state index is 0.679. The second-order valence-corrected chi connectivity index (χ2v) is 5.99. The average molecular weight is 341 g/mol. The molecule has 0 saturated carbocycles. The van der Waals surface area contributed by atoms with Gasteiger partial charge < -0.3 is 19.9 Å². The number of aromatic nitrogens is 2. The van der Waals surface area contributed by atoms with Gasteiger partial charge in [0.15, 0.2) is 0 Å². The Morgan fingerprint density at radius 2 is 1.88 bits per heavy atom. The first kappa shape index (κ1) is 17.0. The molecular weight excluding hydrogens is 318 g/mol. The molecule has 7 nitrogen and oxygen atoms in total. The summed E-state index contributed by atoms with van der Waals surface area (Å²) in [5, 5.41) is 3.35. The van der Waals surface area contributed by atoms with Crippen LogP contribution in [0.5, 0.6) is 5.75 Å². The average Bonchev–Trinajstić information content (AvgIpc) is 2.66. The largest absolute Gasteiger partial charge is 0.497 e. The van der Waals surface area contributed by atoms with Crippen molar-refractivity contribution in [2.45, 2.75) is 13.5 Å². The van der Waals surface area contributed by atoms with Gasteiger partial charge in [0, 0.05) is 38.8 Å². The number of hydrogen-bond acceptors (Lipinski definition) is 6. The fourth-order valence-electron chi connectivity index (χ4n) is 2.80. The zero-order valence-electron chi connectivity index (χ0n) is 14.6. The molecule has 1 aliphatic rings. The maximum absolute atomic E-state index is 10.8. The Hall–Kier alpha value is -2.83. The third kappa shape index (κ3) is 4.37. The van der Waals surface area contributed by atoms with Crippen molar-refractivity contribution in [2.24, 2.45) is 0 Å². The molecule has 1 aromatic heterocycles. The minimum Gasteiger partial charge on any atom is -0.497 e. The molecule has 7 heteroatoms. The van der Waals surface area contributed by atoms with E-state index in [1.165, 1.54) is 0 Å². The molecule has 1 aliphatic heterocycles. The number of ether oxygens (including phenoxy) is 1. The lowest BCUT2D eigenvalue weighted by atomic mass is 10.2. The van der Waals surface area contributed by atoms with Crippen LogP contribution in [0, 0.1) is 6.92 Å². The molecule has 132 valence electrons. The summed E-state index contributed by atoms with van der Waals surface area (Å²) in [4.78, 5) is 23.8. The van der Waals surface area contributed by atoms with E-state index in [-0.39, 0.29) is 0 Å². The number of methoxy groups -OCH3 is 1. The van der Waals surface area contributed by atoms with Gasteiger partial charge in [0.05, 0.1) is 7.11 Å². The summed E-state index contributed by atoms with van der Waals surface area (Å²) in [7, 11) is 1.66. The Bertz CT molecular complexity index is 712. The number of nitrogens with zero attached hydrogens (tertiary/aromatic N) is 4. The van der Waals surface area contributed by atoms with Crippen LogP contribution in [0.3, 0.4) is 0 Å². The molecule has 1 amide bonds. The first-order chi connectivity index (χ1) is 12.2. The van der Waals surface area contributed by atoms with Crippen molar-refractivity contribution < 1.29 is 9.53 Å². The molecule has 1 N–H and O–H groups in total. The van der Waals surface area contributed by atoms with Crippen molar-refractivity contribution in [1.29, 1.82) is 0 Å². The fraction of sp³-hybridized carbons (Fsp3) is 0.389. The van der Waals surface area contributed by atoms with Gasteiger partial charge in [-0.15, -0.1) is 0 Å². The summed E-state index contributed by atoms with van der Waals surface area (Å²) in [6, 6.07) is 9.91.